The van der Waals surface area contributed by atoms with Gasteiger partial charge in [-0.2, -0.15) is 5.10 Å². The van der Waals surface area contributed by atoms with Gasteiger partial charge in [-0.15, -0.1) is 24.8 Å². The van der Waals surface area contributed by atoms with Crippen molar-refractivity contribution in [3.63, 3.8) is 0 Å². The molecule has 0 saturated carbocycles. The minimum absolute atomic E-state index is 0. The quantitative estimate of drug-likeness (QED) is 0.927. The lowest BCUT2D eigenvalue weighted by Gasteiger charge is -2.16. The lowest BCUT2D eigenvalue weighted by molar-refractivity contribution is 0.0995. The summed E-state index contributed by atoms with van der Waals surface area (Å²) in [4.78, 5) is 0. The van der Waals surface area contributed by atoms with Gasteiger partial charge in [0.25, 0.3) is 0 Å². The third-order valence-corrected chi connectivity index (χ3v) is 3.10. The van der Waals surface area contributed by atoms with Crippen LogP contribution in [0.4, 0.5) is 0 Å². The molecule has 0 aliphatic carbocycles. The SMILES string of the molecule is Cl.Cl.NC1CCOC1c1ccnn1-c1ccccc1. The summed E-state index contributed by atoms with van der Waals surface area (Å²) in [6.45, 7) is 0.728. The summed E-state index contributed by atoms with van der Waals surface area (Å²) in [5.41, 5.74) is 8.12. The van der Waals surface area contributed by atoms with E-state index in [1.165, 1.54) is 0 Å². The average Bonchev–Trinajstić information content (AvgIpc) is 2.98. The van der Waals surface area contributed by atoms with Crippen LogP contribution in [0.2, 0.25) is 0 Å². The number of ether oxygens (including phenoxy) is 1. The first-order valence-corrected chi connectivity index (χ1v) is 5.83. The molecular formula is C13H17Cl2N3O. The summed E-state index contributed by atoms with van der Waals surface area (Å²) >= 11 is 0. The van der Waals surface area contributed by atoms with E-state index in [0.717, 1.165) is 24.4 Å². The van der Waals surface area contributed by atoms with Gasteiger partial charge in [0.05, 0.1) is 11.4 Å². The Morgan fingerprint density at radius 1 is 1.16 bits per heavy atom. The maximum absolute atomic E-state index is 6.05. The molecule has 1 aliphatic heterocycles. The minimum Gasteiger partial charge on any atom is -0.370 e. The molecule has 1 aromatic carbocycles. The van der Waals surface area contributed by atoms with Gasteiger partial charge in [0.2, 0.25) is 0 Å². The van der Waals surface area contributed by atoms with E-state index in [1.807, 2.05) is 41.1 Å². The van der Waals surface area contributed by atoms with Crippen molar-refractivity contribution in [2.24, 2.45) is 5.73 Å². The smallest absolute Gasteiger partial charge is 0.115 e. The molecule has 1 fully saturated rings. The summed E-state index contributed by atoms with van der Waals surface area (Å²) < 4.78 is 7.58. The number of aromatic nitrogens is 2. The standard InChI is InChI=1S/C13H15N3O.2ClH/c14-11-7-9-17-13(11)12-6-8-15-16(12)10-4-2-1-3-5-10;;/h1-6,8,11,13H,7,9,14H2;2*1H. The summed E-state index contributed by atoms with van der Waals surface area (Å²) in [6, 6.07) is 12.1. The average molecular weight is 302 g/mol. The summed E-state index contributed by atoms with van der Waals surface area (Å²) in [6.07, 6.45) is 2.65. The normalized spacial score (nSPS) is 21.5. The van der Waals surface area contributed by atoms with Gasteiger partial charge in [0.1, 0.15) is 6.10 Å². The molecule has 2 unspecified atom stereocenters. The van der Waals surface area contributed by atoms with Crippen LogP contribution < -0.4 is 5.73 Å². The summed E-state index contributed by atoms with van der Waals surface area (Å²) in [5, 5.41) is 4.35. The second kappa shape index (κ2) is 6.91. The molecule has 2 aromatic rings. The number of benzene rings is 1. The van der Waals surface area contributed by atoms with Crippen molar-refractivity contribution in [1.29, 1.82) is 0 Å². The van der Waals surface area contributed by atoms with Crippen LogP contribution in [-0.2, 0) is 4.74 Å². The third-order valence-electron chi connectivity index (χ3n) is 3.10. The summed E-state index contributed by atoms with van der Waals surface area (Å²) in [5.74, 6) is 0. The highest BCUT2D eigenvalue weighted by molar-refractivity contribution is 5.85. The number of rotatable bonds is 2. The van der Waals surface area contributed by atoms with Crippen LogP contribution in [0, 0.1) is 0 Å². The van der Waals surface area contributed by atoms with E-state index in [0.29, 0.717) is 0 Å². The summed E-state index contributed by atoms with van der Waals surface area (Å²) in [7, 11) is 0. The Morgan fingerprint density at radius 2 is 1.89 bits per heavy atom. The van der Waals surface area contributed by atoms with Gasteiger partial charge in [-0.1, -0.05) is 18.2 Å². The molecule has 0 amide bonds. The molecule has 1 saturated heterocycles. The number of nitrogens with zero attached hydrogens (tertiary/aromatic N) is 2. The zero-order valence-electron chi connectivity index (χ0n) is 10.3. The molecule has 2 N–H and O–H groups in total. The van der Waals surface area contributed by atoms with Gasteiger partial charge in [0.15, 0.2) is 0 Å². The van der Waals surface area contributed by atoms with Gasteiger partial charge in [-0.3, -0.25) is 0 Å². The van der Waals surface area contributed by atoms with Crippen LogP contribution in [0.3, 0.4) is 0 Å². The Labute approximate surface area is 124 Å². The Hall–Kier alpha value is -1.07. The largest absolute Gasteiger partial charge is 0.370 e. The van der Waals surface area contributed by atoms with Gasteiger partial charge >= 0.3 is 0 Å². The molecule has 104 valence electrons. The molecule has 0 radical (unpaired) electrons. The van der Waals surface area contributed by atoms with Crippen molar-refractivity contribution in [2.75, 3.05) is 6.61 Å². The molecule has 1 aliphatic rings. The molecule has 4 nitrogen and oxygen atoms in total. The lowest BCUT2D eigenvalue weighted by Crippen LogP contribution is -2.25. The monoisotopic (exact) mass is 301 g/mol. The zero-order chi connectivity index (χ0) is 11.7. The van der Waals surface area contributed by atoms with E-state index in [2.05, 4.69) is 5.10 Å². The zero-order valence-corrected chi connectivity index (χ0v) is 11.9. The van der Waals surface area contributed by atoms with Crippen LogP contribution in [-0.4, -0.2) is 22.4 Å². The van der Waals surface area contributed by atoms with Crippen LogP contribution in [0.25, 0.3) is 5.69 Å². The fraction of sp³-hybridized carbons (Fsp3) is 0.308. The highest BCUT2D eigenvalue weighted by Crippen LogP contribution is 2.28. The number of halogens is 2. The molecule has 1 aromatic heterocycles. The van der Waals surface area contributed by atoms with Crippen molar-refractivity contribution >= 4 is 24.8 Å². The molecule has 2 heterocycles. The van der Waals surface area contributed by atoms with Crippen LogP contribution in [0.1, 0.15) is 18.2 Å². The van der Waals surface area contributed by atoms with E-state index in [-0.39, 0.29) is 37.0 Å². The predicted molar refractivity (Wildman–Crippen MR) is 79.3 cm³/mol. The van der Waals surface area contributed by atoms with Gasteiger partial charge in [-0.05, 0) is 24.6 Å². The third kappa shape index (κ3) is 3.09. The number of hydrogen-bond acceptors (Lipinski definition) is 3. The molecule has 3 rings (SSSR count). The van der Waals surface area contributed by atoms with E-state index >= 15 is 0 Å². The minimum atomic E-state index is -0.0438. The first kappa shape index (κ1) is 16.0. The van der Waals surface area contributed by atoms with Gasteiger partial charge in [0, 0.05) is 18.8 Å². The Kier molecular flexibility index (Phi) is 5.82. The highest BCUT2D eigenvalue weighted by atomic mass is 35.5. The van der Waals surface area contributed by atoms with E-state index in [1.54, 1.807) is 6.20 Å². The first-order valence-electron chi connectivity index (χ1n) is 5.83. The molecule has 6 heteroatoms. The Balaban J connectivity index is 0.000000902. The fourth-order valence-electron chi connectivity index (χ4n) is 2.22. The number of hydrogen-bond donors (Lipinski definition) is 1. The first-order chi connectivity index (χ1) is 8.36. The van der Waals surface area contributed by atoms with Crippen molar-refractivity contribution in [2.45, 2.75) is 18.6 Å². The molecule has 2 atom stereocenters. The number of nitrogens with two attached hydrogens (primary N) is 1. The lowest BCUT2D eigenvalue weighted by atomic mass is 10.1. The topological polar surface area (TPSA) is 53.1 Å². The molecular weight excluding hydrogens is 285 g/mol. The Bertz CT molecular complexity index is 504. The van der Waals surface area contributed by atoms with Crippen molar-refractivity contribution in [1.82, 2.24) is 9.78 Å². The van der Waals surface area contributed by atoms with Gasteiger partial charge < -0.3 is 10.5 Å². The fourth-order valence-corrected chi connectivity index (χ4v) is 2.22. The highest BCUT2D eigenvalue weighted by Gasteiger charge is 2.29. The second-order valence-corrected chi connectivity index (χ2v) is 4.25. The number of para-hydroxylation sites is 1. The molecule has 0 bridgehead atoms. The Morgan fingerprint density at radius 3 is 2.53 bits per heavy atom. The van der Waals surface area contributed by atoms with Crippen LogP contribution >= 0.6 is 24.8 Å². The van der Waals surface area contributed by atoms with Crippen molar-refractivity contribution < 1.29 is 4.74 Å². The van der Waals surface area contributed by atoms with E-state index < -0.39 is 0 Å². The van der Waals surface area contributed by atoms with Crippen LogP contribution in [0.15, 0.2) is 42.6 Å². The van der Waals surface area contributed by atoms with E-state index in [4.69, 9.17) is 10.5 Å². The maximum Gasteiger partial charge on any atom is 0.115 e. The van der Waals surface area contributed by atoms with E-state index in [9.17, 15) is 0 Å². The van der Waals surface area contributed by atoms with Crippen molar-refractivity contribution in [3.8, 4) is 5.69 Å². The predicted octanol–water partition coefficient (Wildman–Crippen LogP) is 2.50. The van der Waals surface area contributed by atoms with Crippen LogP contribution in [0.5, 0.6) is 0 Å². The molecule has 0 spiro atoms. The second-order valence-electron chi connectivity index (χ2n) is 4.25. The van der Waals surface area contributed by atoms with Gasteiger partial charge in [-0.25, -0.2) is 4.68 Å². The maximum atomic E-state index is 6.05. The van der Waals surface area contributed by atoms with Crippen molar-refractivity contribution in [3.05, 3.63) is 48.3 Å². The molecule has 19 heavy (non-hydrogen) atoms.